The van der Waals surface area contributed by atoms with E-state index in [0.29, 0.717) is 6.42 Å². The molecular weight excluding hydrogens is 260 g/mol. The van der Waals surface area contributed by atoms with Gasteiger partial charge in [0.1, 0.15) is 11.9 Å². The van der Waals surface area contributed by atoms with Gasteiger partial charge in [-0.15, -0.1) is 0 Å². The van der Waals surface area contributed by atoms with Crippen LogP contribution in [0.3, 0.4) is 0 Å². The third-order valence-corrected chi connectivity index (χ3v) is 7.77. The molecule has 4 saturated carbocycles. The molecule has 3 N–H and O–H groups in total. The van der Waals surface area contributed by atoms with Crippen LogP contribution in [0.25, 0.3) is 0 Å². The highest BCUT2D eigenvalue weighted by molar-refractivity contribution is 5.91. The molecule has 4 bridgehead atoms. The van der Waals surface area contributed by atoms with Crippen molar-refractivity contribution in [2.75, 3.05) is 6.61 Å². The fourth-order valence-electron chi connectivity index (χ4n) is 6.15. The van der Waals surface area contributed by atoms with Gasteiger partial charge in [-0.3, -0.25) is 4.79 Å². The molecule has 0 amide bonds. The van der Waals surface area contributed by atoms with Gasteiger partial charge in [0.2, 0.25) is 5.79 Å². The number of hydrogen-bond acceptors (Lipinski definition) is 5. The Morgan fingerprint density at radius 1 is 1.30 bits per heavy atom. The van der Waals surface area contributed by atoms with Gasteiger partial charge < -0.3 is 20.1 Å². The van der Waals surface area contributed by atoms with Crippen molar-refractivity contribution in [3.8, 4) is 0 Å². The molecule has 4 aliphatic carbocycles. The normalized spacial score (nSPS) is 67.6. The Balaban J connectivity index is 2.10. The summed E-state index contributed by atoms with van der Waals surface area (Å²) < 4.78 is 5.56. The predicted octanol–water partition coefficient (Wildman–Crippen LogP) is 0.212. The molecule has 20 heavy (non-hydrogen) atoms. The van der Waals surface area contributed by atoms with E-state index in [1.54, 1.807) is 6.92 Å². The van der Waals surface area contributed by atoms with E-state index in [-0.39, 0.29) is 24.7 Å². The third kappa shape index (κ3) is 0.794. The maximum atomic E-state index is 12.8. The van der Waals surface area contributed by atoms with Gasteiger partial charge in [0.15, 0.2) is 0 Å². The molecule has 0 aromatic rings. The highest BCUT2D eigenvalue weighted by Crippen LogP contribution is 2.79. The van der Waals surface area contributed by atoms with Crippen LogP contribution in [0.2, 0.25) is 0 Å². The number of Topliss-reactive ketones (excluding diaryl/α,β-unsaturated/α-hetero) is 1. The van der Waals surface area contributed by atoms with E-state index in [0.717, 1.165) is 6.42 Å². The minimum absolute atomic E-state index is 0.0242. The molecule has 5 aliphatic rings. The zero-order valence-electron chi connectivity index (χ0n) is 12.1. The van der Waals surface area contributed by atoms with E-state index in [9.17, 15) is 20.1 Å². The summed E-state index contributed by atoms with van der Waals surface area (Å²) in [4.78, 5) is 12.8. The number of ketones is 1. The van der Waals surface area contributed by atoms with Crippen LogP contribution in [0.1, 0.15) is 40.0 Å². The fourth-order valence-corrected chi connectivity index (χ4v) is 6.15. The average Bonchev–Trinajstić information content (AvgIpc) is 2.77. The van der Waals surface area contributed by atoms with Crippen LogP contribution in [-0.4, -0.2) is 45.2 Å². The summed E-state index contributed by atoms with van der Waals surface area (Å²) in [5, 5.41) is 33.3. The van der Waals surface area contributed by atoms with Gasteiger partial charge in [0, 0.05) is 17.3 Å². The molecule has 7 atom stereocenters. The van der Waals surface area contributed by atoms with Crippen LogP contribution in [0.15, 0.2) is 0 Å². The van der Waals surface area contributed by atoms with Crippen molar-refractivity contribution >= 4 is 5.78 Å². The lowest BCUT2D eigenvalue weighted by molar-refractivity contribution is -0.368. The third-order valence-electron chi connectivity index (χ3n) is 7.77. The first-order valence-electron chi connectivity index (χ1n) is 7.42. The number of hydrogen-bond donors (Lipinski definition) is 3. The number of aliphatic hydroxyl groups excluding tert-OH is 1. The molecule has 0 aromatic heterocycles. The number of ether oxygens (including phenoxy) is 1. The zero-order chi connectivity index (χ0) is 14.8. The fraction of sp³-hybridized carbons (Fsp3) is 0.933. The molecule has 5 nitrogen and oxygen atoms in total. The van der Waals surface area contributed by atoms with Gasteiger partial charge in [-0.25, -0.2) is 0 Å². The van der Waals surface area contributed by atoms with Gasteiger partial charge in [0.25, 0.3) is 0 Å². The zero-order valence-corrected chi connectivity index (χ0v) is 12.1. The molecule has 3 unspecified atom stereocenters. The van der Waals surface area contributed by atoms with Gasteiger partial charge >= 0.3 is 0 Å². The van der Waals surface area contributed by atoms with Gasteiger partial charge in [-0.1, -0.05) is 13.8 Å². The summed E-state index contributed by atoms with van der Waals surface area (Å²) in [6, 6.07) is 0. The Bertz CT molecular complexity index is 534. The lowest BCUT2D eigenvalue weighted by Gasteiger charge is -2.69. The summed E-state index contributed by atoms with van der Waals surface area (Å²) in [5.74, 6) is -1.99. The predicted molar refractivity (Wildman–Crippen MR) is 68.5 cm³/mol. The topological polar surface area (TPSA) is 87.0 Å². The van der Waals surface area contributed by atoms with E-state index in [1.807, 2.05) is 13.8 Å². The van der Waals surface area contributed by atoms with Crippen molar-refractivity contribution in [2.45, 2.75) is 57.5 Å². The van der Waals surface area contributed by atoms with E-state index >= 15 is 0 Å². The summed E-state index contributed by atoms with van der Waals surface area (Å²) in [7, 11) is 0. The standard InChI is InChI=1S/C15H22O5/c1-8-4-5-14(18)11(2)7-20-15(19)10(17)13(8,14)6-9(16)12(11,15)3/h8,10,17-19H,4-7H2,1-3H3/t8-,10-,11?,12?,13?,14+,15-/m1/s1. The van der Waals surface area contributed by atoms with Gasteiger partial charge in [-0.05, 0) is 25.7 Å². The largest absolute Gasteiger partial charge is 0.388 e. The van der Waals surface area contributed by atoms with Crippen LogP contribution in [0.4, 0.5) is 0 Å². The Labute approximate surface area is 117 Å². The van der Waals surface area contributed by atoms with Crippen LogP contribution >= 0.6 is 0 Å². The van der Waals surface area contributed by atoms with Crippen LogP contribution in [0.5, 0.6) is 0 Å². The molecule has 5 fully saturated rings. The van der Waals surface area contributed by atoms with Crippen LogP contribution in [0, 0.1) is 22.2 Å². The van der Waals surface area contributed by atoms with Crippen molar-refractivity contribution < 1.29 is 24.9 Å². The minimum Gasteiger partial charge on any atom is -0.388 e. The summed E-state index contributed by atoms with van der Waals surface area (Å²) in [6.07, 6.45) is 0.201. The highest BCUT2D eigenvalue weighted by atomic mass is 16.6. The van der Waals surface area contributed by atoms with E-state index < -0.39 is 33.7 Å². The molecule has 5 rings (SSSR count). The Morgan fingerprint density at radius 2 is 1.95 bits per heavy atom. The maximum absolute atomic E-state index is 12.8. The first kappa shape index (κ1) is 13.2. The van der Waals surface area contributed by atoms with Crippen molar-refractivity contribution in [3.63, 3.8) is 0 Å². The second kappa shape index (κ2) is 3.00. The van der Waals surface area contributed by atoms with Crippen molar-refractivity contribution in [1.82, 2.24) is 0 Å². The molecule has 0 radical (unpaired) electrons. The van der Waals surface area contributed by atoms with E-state index in [2.05, 4.69) is 0 Å². The van der Waals surface area contributed by atoms with E-state index in [4.69, 9.17) is 4.74 Å². The summed E-state index contributed by atoms with van der Waals surface area (Å²) in [6.45, 7) is 5.54. The lowest BCUT2D eigenvalue weighted by atomic mass is 9.35. The minimum atomic E-state index is -1.87. The Kier molecular flexibility index (Phi) is 1.98. The quantitative estimate of drug-likeness (QED) is 0.591. The number of aliphatic hydroxyl groups is 3. The maximum Gasteiger partial charge on any atom is 0.206 e. The smallest absolute Gasteiger partial charge is 0.206 e. The van der Waals surface area contributed by atoms with Crippen LogP contribution in [-0.2, 0) is 9.53 Å². The second-order valence-corrected chi connectivity index (χ2v) is 7.79. The second-order valence-electron chi connectivity index (χ2n) is 7.79. The molecule has 1 aliphatic heterocycles. The van der Waals surface area contributed by atoms with E-state index in [1.165, 1.54) is 0 Å². The Morgan fingerprint density at radius 3 is 2.60 bits per heavy atom. The first-order chi connectivity index (χ1) is 9.12. The van der Waals surface area contributed by atoms with Gasteiger partial charge in [-0.2, -0.15) is 0 Å². The molecule has 112 valence electrons. The monoisotopic (exact) mass is 282 g/mol. The molecule has 1 saturated heterocycles. The van der Waals surface area contributed by atoms with Crippen LogP contribution < -0.4 is 0 Å². The average molecular weight is 282 g/mol. The number of carbonyl (C=O) groups excluding carboxylic acids is 1. The van der Waals surface area contributed by atoms with Crippen molar-refractivity contribution in [1.29, 1.82) is 0 Å². The number of carbonyl (C=O) groups is 1. The summed E-state index contributed by atoms with van der Waals surface area (Å²) in [5.41, 5.74) is -4.25. The number of rotatable bonds is 0. The highest BCUT2D eigenvalue weighted by Gasteiger charge is 2.91. The lowest BCUT2D eigenvalue weighted by Crippen LogP contribution is -2.83. The SMILES string of the molecule is C[C@@H]1CC[C@@]2(O)C13CC(=O)C1(C)C2(C)CO[C@]1(O)[C@@H]3O. The molecule has 0 aromatic carbocycles. The molecule has 5 heteroatoms. The molecule has 1 heterocycles. The van der Waals surface area contributed by atoms with Crippen molar-refractivity contribution in [3.05, 3.63) is 0 Å². The number of fused-ring (bicyclic) bond motifs is 1. The Hall–Kier alpha value is -0.490. The molecular formula is C15H22O5. The van der Waals surface area contributed by atoms with Gasteiger partial charge in [0.05, 0.1) is 17.6 Å². The summed E-state index contributed by atoms with van der Waals surface area (Å²) >= 11 is 0. The van der Waals surface area contributed by atoms with Crippen molar-refractivity contribution in [2.24, 2.45) is 22.2 Å². The first-order valence-corrected chi connectivity index (χ1v) is 7.42. The molecule has 1 spiro atoms.